The molecule has 0 radical (unpaired) electrons. The molecule has 1 amide bonds. The van der Waals surface area contributed by atoms with Gasteiger partial charge in [0.25, 0.3) is 0 Å². The lowest BCUT2D eigenvalue weighted by Crippen LogP contribution is -2.37. The monoisotopic (exact) mass is 431 g/mol. The van der Waals surface area contributed by atoms with Crippen molar-refractivity contribution in [3.05, 3.63) is 29.8 Å². The molecule has 2 unspecified atom stereocenters. The van der Waals surface area contributed by atoms with E-state index in [1.54, 1.807) is 0 Å². The van der Waals surface area contributed by atoms with Gasteiger partial charge in [0.15, 0.2) is 6.29 Å². The fourth-order valence-corrected chi connectivity index (χ4v) is 4.65. The van der Waals surface area contributed by atoms with Crippen LogP contribution >= 0.6 is 0 Å². The number of alkyl carbamates (subject to hydrolysis) is 1. The first kappa shape index (κ1) is 23.9. The van der Waals surface area contributed by atoms with Gasteiger partial charge in [-0.2, -0.15) is 0 Å². The lowest BCUT2D eigenvalue weighted by molar-refractivity contribution is -0.0771. The fourth-order valence-electron chi connectivity index (χ4n) is 4.65. The van der Waals surface area contributed by atoms with Gasteiger partial charge < -0.3 is 19.5 Å². The molecular weight excluding hydrogens is 390 g/mol. The van der Waals surface area contributed by atoms with E-state index in [9.17, 15) is 4.79 Å². The first-order valence-electron chi connectivity index (χ1n) is 12.2. The predicted octanol–water partition coefficient (Wildman–Crippen LogP) is 6.42. The number of carbonyl (C=O) groups excluding carboxylic acids is 1. The first-order valence-corrected chi connectivity index (χ1v) is 12.2. The van der Waals surface area contributed by atoms with Crippen molar-refractivity contribution in [3.8, 4) is 5.75 Å². The average molecular weight is 432 g/mol. The van der Waals surface area contributed by atoms with E-state index in [0.29, 0.717) is 23.9 Å². The summed E-state index contributed by atoms with van der Waals surface area (Å²) in [7, 11) is 0. The molecule has 5 nitrogen and oxygen atoms in total. The van der Waals surface area contributed by atoms with Gasteiger partial charge in [-0.1, -0.05) is 52.2 Å². The van der Waals surface area contributed by atoms with Gasteiger partial charge in [-0.15, -0.1) is 0 Å². The van der Waals surface area contributed by atoms with Crippen LogP contribution in [0.2, 0.25) is 0 Å². The van der Waals surface area contributed by atoms with Crippen LogP contribution in [0.3, 0.4) is 0 Å². The quantitative estimate of drug-likeness (QED) is 0.325. The van der Waals surface area contributed by atoms with E-state index in [2.05, 4.69) is 38.2 Å². The Bertz CT molecular complexity index is 677. The number of benzene rings is 1. The van der Waals surface area contributed by atoms with Crippen LogP contribution in [0.15, 0.2) is 24.3 Å². The lowest BCUT2D eigenvalue weighted by atomic mass is 9.79. The molecule has 5 heteroatoms. The number of nitrogens with one attached hydrogen (secondary N) is 1. The van der Waals surface area contributed by atoms with E-state index < -0.39 is 6.29 Å². The zero-order valence-corrected chi connectivity index (χ0v) is 19.8. The van der Waals surface area contributed by atoms with Crippen LogP contribution in [0.5, 0.6) is 5.75 Å². The predicted molar refractivity (Wildman–Crippen MR) is 123 cm³/mol. The number of hydrogen-bond acceptors (Lipinski definition) is 4. The zero-order chi connectivity index (χ0) is 22.3. The molecular formula is C26H41NO4. The second-order valence-corrected chi connectivity index (χ2v) is 10.1. The molecule has 2 aliphatic carbocycles. The summed E-state index contributed by atoms with van der Waals surface area (Å²) in [5.74, 6) is 2.11. The van der Waals surface area contributed by atoms with Gasteiger partial charge in [-0.05, 0) is 74.0 Å². The van der Waals surface area contributed by atoms with E-state index in [-0.39, 0.29) is 18.7 Å². The van der Waals surface area contributed by atoms with Crippen LogP contribution in [0.25, 0.3) is 0 Å². The largest absolute Gasteiger partial charge is 0.465 e. The van der Waals surface area contributed by atoms with Crippen LogP contribution in [0, 0.1) is 11.3 Å². The van der Waals surface area contributed by atoms with Crippen molar-refractivity contribution in [1.29, 1.82) is 0 Å². The van der Waals surface area contributed by atoms with Gasteiger partial charge in [0.05, 0.1) is 6.61 Å². The molecule has 1 N–H and O–H groups in total. The van der Waals surface area contributed by atoms with Crippen molar-refractivity contribution in [1.82, 2.24) is 5.32 Å². The average Bonchev–Trinajstić information content (AvgIpc) is 3.49. The van der Waals surface area contributed by atoms with E-state index in [1.165, 1.54) is 44.1 Å². The summed E-state index contributed by atoms with van der Waals surface area (Å²) in [5, 5.41) is 2.94. The van der Waals surface area contributed by atoms with Crippen LogP contribution in [-0.2, 0) is 9.47 Å². The third-order valence-corrected chi connectivity index (χ3v) is 6.77. The zero-order valence-electron chi connectivity index (χ0n) is 19.8. The molecule has 0 heterocycles. The fraction of sp³-hybridized carbons (Fsp3) is 0.731. The SMILES string of the molecule is CC(C)CC(c1ccc(OC(C)OCCOC(=O)NC2CCCCC2)cc1)C1(C)CC1. The van der Waals surface area contributed by atoms with Gasteiger partial charge in [0, 0.05) is 6.04 Å². The Morgan fingerprint density at radius 2 is 1.74 bits per heavy atom. The van der Waals surface area contributed by atoms with Gasteiger partial charge in [-0.3, -0.25) is 0 Å². The molecule has 0 aromatic heterocycles. The highest BCUT2D eigenvalue weighted by atomic mass is 16.7. The summed E-state index contributed by atoms with van der Waals surface area (Å²) in [6.07, 6.45) is 8.86. The van der Waals surface area contributed by atoms with Crippen molar-refractivity contribution < 1.29 is 19.0 Å². The highest BCUT2D eigenvalue weighted by Crippen LogP contribution is 2.57. The van der Waals surface area contributed by atoms with Crippen LogP contribution in [-0.4, -0.2) is 31.6 Å². The Balaban J connectivity index is 1.36. The molecule has 2 fully saturated rings. The summed E-state index contributed by atoms with van der Waals surface area (Å²) in [6.45, 7) is 9.42. The minimum Gasteiger partial charge on any atom is -0.465 e. The summed E-state index contributed by atoms with van der Waals surface area (Å²) in [5.41, 5.74) is 1.87. The Morgan fingerprint density at radius 3 is 2.35 bits per heavy atom. The molecule has 1 aromatic carbocycles. The Labute approximate surface area is 188 Å². The molecule has 0 spiro atoms. The van der Waals surface area contributed by atoms with Crippen molar-refractivity contribution >= 4 is 6.09 Å². The van der Waals surface area contributed by atoms with E-state index in [1.807, 2.05) is 19.1 Å². The Hall–Kier alpha value is -1.75. The van der Waals surface area contributed by atoms with Crippen molar-refractivity contribution in [3.63, 3.8) is 0 Å². The van der Waals surface area contributed by atoms with E-state index in [4.69, 9.17) is 14.2 Å². The summed E-state index contributed by atoms with van der Waals surface area (Å²) < 4.78 is 16.8. The number of ether oxygens (including phenoxy) is 3. The summed E-state index contributed by atoms with van der Waals surface area (Å²) in [4.78, 5) is 11.9. The van der Waals surface area contributed by atoms with Crippen LogP contribution < -0.4 is 10.1 Å². The number of carbonyl (C=O) groups is 1. The molecule has 2 saturated carbocycles. The van der Waals surface area contributed by atoms with Gasteiger partial charge >= 0.3 is 6.09 Å². The molecule has 3 rings (SSSR count). The molecule has 1 aromatic rings. The molecule has 31 heavy (non-hydrogen) atoms. The third kappa shape index (κ3) is 7.71. The molecule has 174 valence electrons. The Kier molecular flexibility index (Phi) is 8.65. The van der Waals surface area contributed by atoms with E-state index >= 15 is 0 Å². The number of hydrogen-bond donors (Lipinski definition) is 1. The standard InChI is InChI=1S/C26H41NO4/c1-19(2)18-24(26(4)14-15-26)21-10-12-23(13-11-21)31-20(3)29-16-17-30-25(28)27-22-8-6-5-7-9-22/h10-13,19-20,22,24H,5-9,14-18H2,1-4H3,(H,27,28). The van der Waals surface area contributed by atoms with E-state index in [0.717, 1.165) is 18.6 Å². The highest BCUT2D eigenvalue weighted by molar-refractivity contribution is 5.67. The maximum atomic E-state index is 11.9. The smallest absolute Gasteiger partial charge is 0.407 e. The molecule has 2 atom stereocenters. The molecule has 0 saturated heterocycles. The topological polar surface area (TPSA) is 56.8 Å². The van der Waals surface area contributed by atoms with Crippen LogP contribution in [0.4, 0.5) is 4.79 Å². The minimum absolute atomic E-state index is 0.223. The molecule has 0 aliphatic heterocycles. The molecule has 0 bridgehead atoms. The highest BCUT2D eigenvalue weighted by Gasteiger charge is 2.45. The molecule has 2 aliphatic rings. The van der Waals surface area contributed by atoms with Crippen molar-refractivity contribution in [2.45, 2.75) is 97.3 Å². The maximum absolute atomic E-state index is 11.9. The van der Waals surface area contributed by atoms with Crippen molar-refractivity contribution in [2.75, 3.05) is 13.2 Å². The van der Waals surface area contributed by atoms with Gasteiger partial charge in [0.1, 0.15) is 12.4 Å². The van der Waals surface area contributed by atoms with Crippen molar-refractivity contribution in [2.24, 2.45) is 11.3 Å². The first-order chi connectivity index (χ1) is 14.9. The normalized spacial score (nSPS) is 20.2. The lowest BCUT2D eigenvalue weighted by Gasteiger charge is -2.26. The number of rotatable bonds is 11. The Morgan fingerprint density at radius 1 is 1.06 bits per heavy atom. The summed E-state index contributed by atoms with van der Waals surface area (Å²) >= 11 is 0. The second-order valence-electron chi connectivity index (χ2n) is 10.1. The van der Waals surface area contributed by atoms with Crippen LogP contribution in [0.1, 0.15) is 90.5 Å². The summed E-state index contributed by atoms with van der Waals surface area (Å²) in [6, 6.07) is 8.76. The second kappa shape index (κ2) is 11.2. The van der Waals surface area contributed by atoms with Gasteiger partial charge in [0.2, 0.25) is 0 Å². The maximum Gasteiger partial charge on any atom is 0.407 e. The van der Waals surface area contributed by atoms with Gasteiger partial charge in [-0.25, -0.2) is 4.79 Å². The minimum atomic E-state index is -0.400. The number of amides is 1. The third-order valence-electron chi connectivity index (χ3n) is 6.77.